The molecule has 0 aromatic heterocycles. The number of fused-ring (bicyclic) bond motifs is 2. The van der Waals surface area contributed by atoms with Gasteiger partial charge in [-0.15, -0.1) is 0 Å². The normalized spacial score (nSPS) is 10.7. The average Bonchev–Trinajstić information content (AvgIpc) is 2.43. The van der Waals surface area contributed by atoms with Crippen molar-refractivity contribution < 1.29 is 14.3 Å². The number of ether oxygens (including phenoxy) is 2. The van der Waals surface area contributed by atoms with Crippen molar-refractivity contribution >= 4 is 27.5 Å². The van der Waals surface area contributed by atoms with Gasteiger partial charge in [0.15, 0.2) is 0 Å². The topological polar surface area (TPSA) is 35.5 Å². The Kier molecular flexibility index (Phi) is 3.03. The van der Waals surface area contributed by atoms with Gasteiger partial charge in [0.05, 0.1) is 7.11 Å². The summed E-state index contributed by atoms with van der Waals surface area (Å²) in [5.74, 6) is 1.08. The minimum absolute atomic E-state index is 0.313. The van der Waals surface area contributed by atoms with Gasteiger partial charge in [-0.1, -0.05) is 12.1 Å². The van der Waals surface area contributed by atoms with Crippen LogP contribution < -0.4 is 9.47 Å². The van der Waals surface area contributed by atoms with E-state index in [-0.39, 0.29) is 5.97 Å². The van der Waals surface area contributed by atoms with Crippen molar-refractivity contribution in [1.82, 2.24) is 0 Å². The van der Waals surface area contributed by atoms with Crippen LogP contribution >= 0.6 is 0 Å². The van der Waals surface area contributed by atoms with Crippen molar-refractivity contribution in [2.75, 3.05) is 7.11 Å². The molecule has 3 nitrogen and oxygen atoms in total. The van der Waals surface area contributed by atoms with Crippen LogP contribution in [0.4, 0.5) is 0 Å². The fourth-order valence-corrected chi connectivity index (χ4v) is 2.31. The average molecular weight is 266 g/mol. The van der Waals surface area contributed by atoms with E-state index >= 15 is 0 Å². The Morgan fingerprint density at radius 1 is 0.800 bits per heavy atom. The maximum atomic E-state index is 11.0. The summed E-state index contributed by atoms with van der Waals surface area (Å²) in [6, 6.07) is 15.8. The van der Waals surface area contributed by atoms with Crippen LogP contribution in [0.15, 0.2) is 48.5 Å². The molecule has 0 saturated heterocycles. The summed E-state index contributed by atoms with van der Waals surface area (Å²) in [6.45, 7) is 1.40. The predicted molar refractivity (Wildman–Crippen MR) is 79.3 cm³/mol. The highest BCUT2D eigenvalue weighted by molar-refractivity contribution is 5.99. The first-order chi connectivity index (χ1) is 9.65. The van der Waals surface area contributed by atoms with Gasteiger partial charge in [-0.05, 0) is 57.9 Å². The molecule has 0 spiro atoms. The van der Waals surface area contributed by atoms with Crippen molar-refractivity contribution in [3.05, 3.63) is 48.5 Å². The van der Waals surface area contributed by atoms with Gasteiger partial charge in [-0.3, -0.25) is 4.79 Å². The molecule has 0 saturated carbocycles. The third-order valence-corrected chi connectivity index (χ3v) is 3.24. The Bertz CT molecular complexity index is 806. The van der Waals surface area contributed by atoms with Crippen LogP contribution in [-0.4, -0.2) is 13.1 Å². The summed E-state index contributed by atoms with van der Waals surface area (Å²) in [7, 11) is 1.65. The minimum Gasteiger partial charge on any atom is -0.497 e. The van der Waals surface area contributed by atoms with Crippen molar-refractivity contribution in [2.24, 2.45) is 0 Å². The van der Waals surface area contributed by atoms with Crippen LogP contribution in [0.5, 0.6) is 11.5 Å². The van der Waals surface area contributed by atoms with Gasteiger partial charge < -0.3 is 9.47 Å². The number of hydrogen-bond acceptors (Lipinski definition) is 3. The lowest BCUT2D eigenvalue weighted by Gasteiger charge is -2.07. The third-order valence-electron chi connectivity index (χ3n) is 3.24. The Morgan fingerprint density at radius 3 is 1.95 bits per heavy atom. The van der Waals surface area contributed by atoms with Gasteiger partial charge >= 0.3 is 5.97 Å². The molecule has 0 unspecified atom stereocenters. The number of benzene rings is 3. The molecule has 3 rings (SSSR count). The highest BCUT2D eigenvalue weighted by atomic mass is 16.5. The summed E-state index contributed by atoms with van der Waals surface area (Å²) in [4.78, 5) is 11.0. The summed E-state index contributed by atoms with van der Waals surface area (Å²) >= 11 is 0. The zero-order valence-corrected chi connectivity index (χ0v) is 11.3. The molecule has 0 fully saturated rings. The maximum Gasteiger partial charge on any atom is 0.308 e. The van der Waals surface area contributed by atoms with E-state index in [1.807, 2.05) is 30.3 Å². The molecule has 0 aliphatic rings. The number of methoxy groups -OCH3 is 1. The first kappa shape index (κ1) is 12.5. The van der Waals surface area contributed by atoms with Gasteiger partial charge in [0.25, 0.3) is 0 Å². The van der Waals surface area contributed by atoms with Gasteiger partial charge in [0, 0.05) is 6.92 Å². The number of esters is 1. The molecule has 0 atom stereocenters. The van der Waals surface area contributed by atoms with Gasteiger partial charge in [0.1, 0.15) is 11.5 Å². The highest BCUT2D eigenvalue weighted by Gasteiger charge is 2.03. The monoisotopic (exact) mass is 266 g/mol. The van der Waals surface area contributed by atoms with Crippen LogP contribution in [0, 0.1) is 0 Å². The molecular formula is C17H14O3. The quantitative estimate of drug-likeness (QED) is 0.400. The lowest BCUT2D eigenvalue weighted by atomic mass is 10.0. The van der Waals surface area contributed by atoms with Crippen molar-refractivity contribution in [2.45, 2.75) is 6.92 Å². The largest absolute Gasteiger partial charge is 0.497 e. The first-order valence-electron chi connectivity index (χ1n) is 6.36. The fourth-order valence-electron chi connectivity index (χ4n) is 2.31. The lowest BCUT2D eigenvalue weighted by molar-refractivity contribution is -0.131. The molecule has 0 aliphatic heterocycles. The second-order valence-corrected chi connectivity index (χ2v) is 4.67. The third kappa shape index (κ3) is 2.30. The summed E-state index contributed by atoms with van der Waals surface area (Å²) in [5.41, 5.74) is 0. The summed E-state index contributed by atoms with van der Waals surface area (Å²) < 4.78 is 10.4. The van der Waals surface area contributed by atoms with Gasteiger partial charge in [-0.25, -0.2) is 0 Å². The molecule has 3 aromatic rings. The van der Waals surface area contributed by atoms with E-state index in [0.29, 0.717) is 5.75 Å². The van der Waals surface area contributed by atoms with Crippen LogP contribution in [0.1, 0.15) is 6.92 Å². The van der Waals surface area contributed by atoms with E-state index < -0.39 is 0 Å². The molecular weight excluding hydrogens is 252 g/mol. The first-order valence-corrected chi connectivity index (χ1v) is 6.36. The van der Waals surface area contributed by atoms with Crippen LogP contribution in [0.25, 0.3) is 21.5 Å². The maximum absolute atomic E-state index is 11.0. The number of rotatable bonds is 2. The highest BCUT2D eigenvalue weighted by Crippen LogP contribution is 2.28. The summed E-state index contributed by atoms with van der Waals surface area (Å²) in [6.07, 6.45) is 0. The molecule has 20 heavy (non-hydrogen) atoms. The van der Waals surface area contributed by atoms with Crippen LogP contribution in [-0.2, 0) is 4.79 Å². The van der Waals surface area contributed by atoms with Crippen LogP contribution in [0.3, 0.4) is 0 Å². The van der Waals surface area contributed by atoms with E-state index in [1.165, 1.54) is 6.92 Å². The predicted octanol–water partition coefficient (Wildman–Crippen LogP) is 3.93. The molecule has 3 aromatic carbocycles. The van der Waals surface area contributed by atoms with Crippen molar-refractivity contribution in [3.8, 4) is 11.5 Å². The van der Waals surface area contributed by atoms with Crippen molar-refractivity contribution in [3.63, 3.8) is 0 Å². The number of hydrogen-bond donors (Lipinski definition) is 0. The van der Waals surface area contributed by atoms with E-state index in [1.54, 1.807) is 13.2 Å². The standard InChI is InChI=1S/C17H14O3/c1-11(18)20-17-6-4-13-7-12-3-5-16(19-2)9-14(12)8-15(13)10-17/h3-10H,1-2H3. The Balaban J connectivity index is 2.17. The Labute approximate surface area is 116 Å². The molecule has 3 heteroatoms. The second kappa shape index (κ2) is 4.85. The summed E-state index contributed by atoms with van der Waals surface area (Å²) in [5, 5.41) is 4.39. The van der Waals surface area contributed by atoms with Crippen LogP contribution in [0.2, 0.25) is 0 Å². The zero-order chi connectivity index (χ0) is 14.1. The molecule has 0 amide bonds. The number of carbonyl (C=O) groups is 1. The lowest BCUT2D eigenvalue weighted by Crippen LogP contribution is -2.00. The molecule has 0 radical (unpaired) electrons. The fraction of sp³-hybridized carbons (Fsp3) is 0.118. The molecule has 0 bridgehead atoms. The van der Waals surface area contributed by atoms with E-state index in [9.17, 15) is 4.79 Å². The van der Waals surface area contributed by atoms with Gasteiger partial charge in [0.2, 0.25) is 0 Å². The molecule has 0 heterocycles. The number of carbonyl (C=O) groups excluding carboxylic acids is 1. The van der Waals surface area contributed by atoms with E-state index in [0.717, 1.165) is 27.3 Å². The molecule has 0 N–H and O–H groups in total. The second-order valence-electron chi connectivity index (χ2n) is 4.67. The van der Waals surface area contributed by atoms with Crippen molar-refractivity contribution in [1.29, 1.82) is 0 Å². The van der Waals surface area contributed by atoms with E-state index in [2.05, 4.69) is 12.1 Å². The minimum atomic E-state index is -0.313. The van der Waals surface area contributed by atoms with Gasteiger partial charge in [-0.2, -0.15) is 0 Å². The van der Waals surface area contributed by atoms with E-state index in [4.69, 9.17) is 9.47 Å². The SMILES string of the molecule is COc1ccc2cc3ccc(OC(C)=O)cc3cc2c1. The molecule has 0 aliphatic carbocycles. The molecule has 100 valence electrons. The Morgan fingerprint density at radius 2 is 1.35 bits per heavy atom. The Hall–Kier alpha value is -2.55. The smallest absolute Gasteiger partial charge is 0.308 e. The zero-order valence-electron chi connectivity index (χ0n) is 11.3.